The Bertz CT molecular complexity index is 430. The highest BCUT2D eigenvalue weighted by atomic mass is 16.3. The summed E-state index contributed by atoms with van der Waals surface area (Å²) in [5.41, 5.74) is 0.370. The number of hydrogen-bond acceptors (Lipinski definition) is 5. The Labute approximate surface area is 111 Å². The molecule has 8 heteroatoms. The molecule has 0 aromatic carbocycles. The molecule has 1 aromatic rings. The molecule has 0 unspecified atom stereocenters. The van der Waals surface area contributed by atoms with E-state index in [1.165, 1.54) is 10.9 Å². The molecule has 3 N–H and O–H groups in total. The number of amides is 3. The van der Waals surface area contributed by atoms with Crippen LogP contribution in [0.15, 0.2) is 6.20 Å². The van der Waals surface area contributed by atoms with Gasteiger partial charge in [-0.2, -0.15) is 0 Å². The van der Waals surface area contributed by atoms with E-state index in [0.717, 1.165) is 6.42 Å². The van der Waals surface area contributed by atoms with E-state index in [9.17, 15) is 9.59 Å². The number of nitrogens with zero attached hydrogens (tertiary/aromatic N) is 3. The molecular formula is C11H19N5O3. The second-order valence-corrected chi connectivity index (χ2v) is 4.55. The van der Waals surface area contributed by atoms with Crippen LogP contribution in [-0.4, -0.2) is 38.6 Å². The van der Waals surface area contributed by atoms with Gasteiger partial charge in [0.1, 0.15) is 12.2 Å². The van der Waals surface area contributed by atoms with E-state index in [2.05, 4.69) is 20.9 Å². The molecule has 8 nitrogen and oxygen atoms in total. The summed E-state index contributed by atoms with van der Waals surface area (Å²) in [4.78, 5) is 22.9. The molecule has 1 aromatic heterocycles. The number of carbonyl (C=O) groups excluding carboxylic acids is 2. The topological polar surface area (TPSA) is 109 Å². The predicted octanol–water partition coefficient (Wildman–Crippen LogP) is -0.358. The molecule has 1 heterocycles. The fraction of sp³-hybridized carbons (Fsp3) is 0.636. The molecule has 19 heavy (non-hydrogen) atoms. The molecular weight excluding hydrogens is 250 g/mol. The first-order chi connectivity index (χ1) is 9.01. The van der Waals surface area contributed by atoms with E-state index in [1.54, 1.807) is 0 Å². The molecule has 0 saturated heterocycles. The summed E-state index contributed by atoms with van der Waals surface area (Å²) >= 11 is 0. The van der Waals surface area contributed by atoms with Crippen LogP contribution >= 0.6 is 0 Å². The highest BCUT2D eigenvalue weighted by molar-refractivity contribution is 5.94. The zero-order valence-corrected chi connectivity index (χ0v) is 11.1. The third kappa shape index (κ3) is 5.96. The van der Waals surface area contributed by atoms with Crippen LogP contribution in [-0.2, 0) is 17.9 Å². The van der Waals surface area contributed by atoms with Gasteiger partial charge in [0.05, 0.1) is 12.8 Å². The monoisotopic (exact) mass is 269 g/mol. The molecule has 0 aliphatic carbocycles. The van der Waals surface area contributed by atoms with Crippen molar-refractivity contribution in [3.63, 3.8) is 0 Å². The standard InChI is InChI=1S/C11H19N5O3/c1-8(2)3-4-12-11(19)13-10(18)6-16-5-9(7-17)14-15-16/h5,8,17H,3-4,6-7H2,1-2H3,(H2,12,13,18,19). The fourth-order valence-corrected chi connectivity index (χ4v) is 1.32. The van der Waals surface area contributed by atoms with Crippen LogP contribution in [0.5, 0.6) is 0 Å². The first-order valence-corrected chi connectivity index (χ1v) is 6.08. The first kappa shape index (κ1) is 15.1. The highest BCUT2D eigenvalue weighted by Gasteiger charge is 2.09. The number of nitrogens with one attached hydrogen (secondary N) is 2. The lowest BCUT2D eigenvalue weighted by Crippen LogP contribution is -2.41. The maximum absolute atomic E-state index is 11.5. The molecule has 0 atom stereocenters. The van der Waals surface area contributed by atoms with Gasteiger partial charge in [-0.05, 0) is 12.3 Å². The van der Waals surface area contributed by atoms with Crippen LogP contribution < -0.4 is 10.6 Å². The van der Waals surface area contributed by atoms with Crippen molar-refractivity contribution in [2.24, 2.45) is 5.92 Å². The third-order valence-electron chi connectivity index (χ3n) is 2.31. The van der Waals surface area contributed by atoms with Gasteiger partial charge in [-0.3, -0.25) is 10.1 Å². The van der Waals surface area contributed by atoms with Gasteiger partial charge in [-0.1, -0.05) is 19.1 Å². The van der Waals surface area contributed by atoms with Gasteiger partial charge >= 0.3 is 6.03 Å². The number of aliphatic hydroxyl groups is 1. The number of imide groups is 1. The average Bonchev–Trinajstić information content (AvgIpc) is 2.75. The highest BCUT2D eigenvalue weighted by Crippen LogP contribution is 1.96. The van der Waals surface area contributed by atoms with Crippen LogP contribution in [0.1, 0.15) is 26.0 Å². The van der Waals surface area contributed by atoms with Crippen molar-refractivity contribution in [3.05, 3.63) is 11.9 Å². The quantitative estimate of drug-likeness (QED) is 0.653. The molecule has 0 aliphatic rings. The van der Waals surface area contributed by atoms with Gasteiger partial charge in [0.25, 0.3) is 0 Å². The average molecular weight is 269 g/mol. The summed E-state index contributed by atoms with van der Waals surface area (Å²) in [5.74, 6) is -0.000473. The van der Waals surface area contributed by atoms with E-state index in [0.29, 0.717) is 18.2 Å². The van der Waals surface area contributed by atoms with Gasteiger partial charge in [-0.25, -0.2) is 9.48 Å². The number of rotatable bonds is 6. The molecule has 0 radical (unpaired) electrons. The lowest BCUT2D eigenvalue weighted by molar-refractivity contribution is -0.120. The SMILES string of the molecule is CC(C)CCNC(=O)NC(=O)Cn1cc(CO)nn1. The van der Waals surface area contributed by atoms with Crippen LogP contribution in [0.3, 0.4) is 0 Å². The summed E-state index contributed by atoms with van der Waals surface area (Å²) in [6.07, 6.45) is 2.29. The maximum Gasteiger partial charge on any atom is 0.321 e. The van der Waals surface area contributed by atoms with Crippen LogP contribution in [0.25, 0.3) is 0 Å². The lowest BCUT2D eigenvalue weighted by atomic mass is 10.1. The summed E-state index contributed by atoms with van der Waals surface area (Å²) in [6.45, 7) is 4.26. The van der Waals surface area contributed by atoms with E-state index < -0.39 is 11.9 Å². The second kappa shape index (κ2) is 7.47. The molecule has 3 amide bonds. The number of aromatic nitrogens is 3. The van der Waals surface area contributed by atoms with Crippen LogP contribution in [0, 0.1) is 5.92 Å². The summed E-state index contributed by atoms with van der Waals surface area (Å²) in [6, 6.07) is -0.520. The Balaban J connectivity index is 2.28. The Morgan fingerprint density at radius 2 is 2.21 bits per heavy atom. The minimum absolute atomic E-state index is 0.120. The predicted molar refractivity (Wildman–Crippen MR) is 66.9 cm³/mol. The Hall–Kier alpha value is -1.96. The summed E-state index contributed by atoms with van der Waals surface area (Å²) < 4.78 is 1.25. The largest absolute Gasteiger partial charge is 0.390 e. The maximum atomic E-state index is 11.5. The van der Waals surface area contributed by atoms with E-state index in [4.69, 9.17) is 5.11 Å². The van der Waals surface area contributed by atoms with E-state index >= 15 is 0 Å². The normalized spacial score (nSPS) is 10.5. The Morgan fingerprint density at radius 3 is 2.79 bits per heavy atom. The van der Waals surface area contributed by atoms with Gasteiger partial charge in [0.2, 0.25) is 5.91 Å². The van der Waals surface area contributed by atoms with Gasteiger partial charge in [-0.15, -0.1) is 5.10 Å². The molecule has 0 saturated carbocycles. The zero-order valence-electron chi connectivity index (χ0n) is 11.1. The van der Waals surface area contributed by atoms with Gasteiger partial charge in [0, 0.05) is 6.54 Å². The summed E-state index contributed by atoms with van der Waals surface area (Å²) in [5, 5.41) is 20.8. The van der Waals surface area contributed by atoms with Crippen molar-refractivity contribution in [2.45, 2.75) is 33.4 Å². The lowest BCUT2D eigenvalue weighted by Gasteiger charge is -2.07. The summed E-state index contributed by atoms with van der Waals surface area (Å²) in [7, 11) is 0. The van der Waals surface area contributed by atoms with E-state index in [-0.39, 0.29) is 13.2 Å². The molecule has 106 valence electrons. The number of hydrogen-bond donors (Lipinski definition) is 3. The number of urea groups is 1. The Morgan fingerprint density at radius 1 is 1.47 bits per heavy atom. The molecule has 0 aliphatic heterocycles. The minimum atomic E-state index is -0.520. The first-order valence-electron chi connectivity index (χ1n) is 6.08. The molecule has 1 rings (SSSR count). The van der Waals surface area contributed by atoms with Crippen molar-refractivity contribution >= 4 is 11.9 Å². The van der Waals surface area contributed by atoms with Gasteiger partial charge < -0.3 is 10.4 Å². The van der Waals surface area contributed by atoms with Crippen molar-refractivity contribution in [3.8, 4) is 0 Å². The fourth-order valence-electron chi connectivity index (χ4n) is 1.32. The second-order valence-electron chi connectivity index (χ2n) is 4.55. The van der Waals surface area contributed by atoms with Crippen molar-refractivity contribution < 1.29 is 14.7 Å². The van der Waals surface area contributed by atoms with Crippen LogP contribution in [0.4, 0.5) is 4.79 Å². The molecule has 0 fully saturated rings. The molecule has 0 bridgehead atoms. The minimum Gasteiger partial charge on any atom is -0.390 e. The zero-order chi connectivity index (χ0) is 14.3. The van der Waals surface area contributed by atoms with Crippen LogP contribution in [0.2, 0.25) is 0 Å². The third-order valence-corrected chi connectivity index (χ3v) is 2.31. The smallest absolute Gasteiger partial charge is 0.321 e. The Kier molecular flexibility index (Phi) is 5.94. The van der Waals surface area contributed by atoms with E-state index in [1.807, 2.05) is 13.8 Å². The van der Waals surface area contributed by atoms with Crippen molar-refractivity contribution in [1.82, 2.24) is 25.6 Å². The number of carbonyl (C=O) groups is 2. The van der Waals surface area contributed by atoms with Gasteiger partial charge in [0.15, 0.2) is 0 Å². The molecule has 0 spiro atoms. The van der Waals surface area contributed by atoms with Crippen molar-refractivity contribution in [1.29, 1.82) is 0 Å². The van der Waals surface area contributed by atoms with Crippen molar-refractivity contribution in [2.75, 3.05) is 6.54 Å². The number of aliphatic hydroxyl groups excluding tert-OH is 1.